The summed E-state index contributed by atoms with van der Waals surface area (Å²) in [5.74, 6) is -0.0104. The quantitative estimate of drug-likeness (QED) is 0.281. The van der Waals surface area contributed by atoms with Crippen LogP contribution in [0.1, 0.15) is 35.4 Å². The van der Waals surface area contributed by atoms with Crippen molar-refractivity contribution < 1.29 is 9.59 Å². The number of aryl methyl sites for hydroxylation is 2. The zero-order chi connectivity index (χ0) is 26.1. The van der Waals surface area contributed by atoms with Crippen LogP contribution in [0.5, 0.6) is 0 Å². The Bertz CT molecular complexity index is 1560. The predicted octanol–water partition coefficient (Wildman–Crippen LogP) is 4.95. The van der Waals surface area contributed by atoms with Gasteiger partial charge in [-0.05, 0) is 49.1 Å². The average molecular weight is 533 g/mol. The Morgan fingerprint density at radius 2 is 1.89 bits per heavy atom. The third-order valence-electron chi connectivity index (χ3n) is 6.59. The standard InChI is InChI=1S/C28H28N4O3S2/c1-4-19-7-5-6-8-22(19)29-24(34)16-36-28-30-26-25(21-13-14-31(18(3)33)15-23(21)37-26)27(35)32(28)20-11-9-17(2)10-12-20/h5-12H,4,13-16H2,1-3H3,(H,29,34). The van der Waals surface area contributed by atoms with E-state index in [4.69, 9.17) is 4.98 Å². The number of para-hydroxylation sites is 1. The first-order valence-corrected chi connectivity index (χ1v) is 14.1. The molecule has 1 aliphatic rings. The third-order valence-corrected chi connectivity index (χ3v) is 8.64. The molecule has 0 radical (unpaired) electrons. The summed E-state index contributed by atoms with van der Waals surface area (Å²) in [7, 11) is 0. The Labute approximate surface area is 223 Å². The van der Waals surface area contributed by atoms with E-state index in [0.717, 1.165) is 33.7 Å². The summed E-state index contributed by atoms with van der Waals surface area (Å²) in [5, 5.41) is 4.09. The lowest BCUT2D eigenvalue weighted by Gasteiger charge is -2.25. The summed E-state index contributed by atoms with van der Waals surface area (Å²) >= 11 is 2.71. The molecule has 2 aromatic heterocycles. The molecule has 1 aliphatic heterocycles. The molecule has 3 heterocycles. The molecule has 4 aromatic rings. The number of hydrogen-bond acceptors (Lipinski definition) is 6. The normalized spacial score (nSPS) is 13.0. The Morgan fingerprint density at radius 3 is 2.62 bits per heavy atom. The number of carbonyl (C=O) groups excluding carboxylic acids is 2. The molecule has 9 heteroatoms. The van der Waals surface area contributed by atoms with Crippen LogP contribution in [-0.4, -0.2) is 38.6 Å². The smallest absolute Gasteiger partial charge is 0.267 e. The summed E-state index contributed by atoms with van der Waals surface area (Å²) < 4.78 is 1.62. The highest BCUT2D eigenvalue weighted by Crippen LogP contribution is 2.34. The van der Waals surface area contributed by atoms with E-state index in [1.807, 2.05) is 55.5 Å². The highest BCUT2D eigenvalue weighted by Gasteiger charge is 2.26. The van der Waals surface area contributed by atoms with Gasteiger partial charge in [-0.1, -0.05) is 54.6 Å². The van der Waals surface area contributed by atoms with Crippen LogP contribution in [0.3, 0.4) is 0 Å². The lowest BCUT2D eigenvalue weighted by atomic mass is 10.1. The lowest BCUT2D eigenvalue weighted by Crippen LogP contribution is -2.34. The average Bonchev–Trinajstić information content (AvgIpc) is 3.26. The largest absolute Gasteiger partial charge is 0.337 e. The van der Waals surface area contributed by atoms with Gasteiger partial charge in [0, 0.05) is 24.0 Å². The number of amides is 2. The molecule has 0 bridgehead atoms. The van der Waals surface area contributed by atoms with Gasteiger partial charge >= 0.3 is 0 Å². The summed E-state index contributed by atoms with van der Waals surface area (Å²) in [6.07, 6.45) is 1.45. The van der Waals surface area contributed by atoms with Gasteiger partial charge in [0.15, 0.2) is 5.16 Å². The Hall–Kier alpha value is -3.43. The number of thioether (sulfide) groups is 1. The van der Waals surface area contributed by atoms with Crippen LogP contribution in [0.25, 0.3) is 15.9 Å². The number of anilines is 1. The van der Waals surface area contributed by atoms with Crippen molar-refractivity contribution in [1.82, 2.24) is 14.5 Å². The van der Waals surface area contributed by atoms with E-state index in [2.05, 4.69) is 12.2 Å². The minimum atomic E-state index is -0.154. The summed E-state index contributed by atoms with van der Waals surface area (Å²) in [6.45, 7) is 6.71. The molecule has 190 valence electrons. The zero-order valence-corrected chi connectivity index (χ0v) is 22.7. The van der Waals surface area contributed by atoms with Crippen LogP contribution in [-0.2, 0) is 29.0 Å². The Kier molecular flexibility index (Phi) is 7.17. The molecule has 0 unspecified atom stereocenters. The lowest BCUT2D eigenvalue weighted by molar-refractivity contribution is -0.129. The molecular weight excluding hydrogens is 504 g/mol. The Morgan fingerprint density at radius 1 is 1.14 bits per heavy atom. The van der Waals surface area contributed by atoms with E-state index in [1.165, 1.54) is 23.1 Å². The summed E-state index contributed by atoms with van der Waals surface area (Å²) in [4.78, 5) is 47.1. The minimum absolute atomic E-state index is 0.0278. The van der Waals surface area contributed by atoms with Crippen molar-refractivity contribution in [3.05, 3.63) is 80.5 Å². The summed E-state index contributed by atoms with van der Waals surface area (Å²) in [5.41, 5.74) is 4.52. The Balaban J connectivity index is 1.52. The molecule has 7 nitrogen and oxygen atoms in total. The van der Waals surface area contributed by atoms with Crippen LogP contribution in [0.15, 0.2) is 58.5 Å². The molecule has 0 fully saturated rings. The van der Waals surface area contributed by atoms with Crippen molar-refractivity contribution in [1.29, 1.82) is 0 Å². The van der Waals surface area contributed by atoms with E-state index < -0.39 is 0 Å². The number of rotatable bonds is 6. The van der Waals surface area contributed by atoms with Gasteiger partial charge in [-0.3, -0.25) is 19.0 Å². The van der Waals surface area contributed by atoms with Gasteiger partial charge in [-0.2, -0.15) is 0 Å². The van der Waals surface area contributed by atoms with Crippen LogP contribution in [0, 0.1) is 6.92 Å². The number of carbonyl (C=O) groups is 2. The van der Waals surface area contributed by atoms with Crippen molar-refractivity contribution in [2.45, 2.75) is 45.3 Å². The number of nitrogens with one attached hydrogen (secondary N) is 1. The van der Waals surface area contributed by atoms with Gasteiger partial charge < -0.3 is 10.2 Å². The van der Waals surface area contributed by atoms with E-state index in [0.29, 0.717) is 40.6 Å². The maximum atomic E-state index is 13.9. The number of fused-ring (bicyclic) bond motifs is 3. The first-order chi connectivity index (χ1) is 17.9. The topological polar surface area (TPSA) is 84.3 Å². The number of benzene rings is 2. The molecule has 1 N–H and O–H groups in total. The first-order valence-electron chi connectivity index (χ1n) is 12.3. The molecule has 2 amide bonds. The van der Waals surface area contributed by atoms with Crippen LogP contribution in [0.4, 0.5) is 5.69 Å². The molecular formula is C28H28N4O3S2. The molecule has 0 saturated carbocycles. The van der Waals surface area contributed by atoms with Gasteiger partial charge in [0.2, 0.25) is 11.8 Å². The number of hydrogen-bond donors (Lipinski definition) is 1. The predicted molar refractivity (Wildman–Crippen MR) is 150 cm³/mol. The van der Waals surface area contributed by atoms with E-state index >= 15 is 0 Å². The molecule has 0 aliphatic carbocycles. The first kappa shape index (κ1) is 25.2. The minimum Gasteiger partial charge on any atom is -0.337 e. The number of thiophene rings is 1. The van der Waals surface area contributed by atoms with Crippen molar-refractivity contribution in [3.8, 4) is 5.69 Å². The zero-order valence-electron chi connectivity index (χ0n) is 21.0. The number of aromatic nitrogens is 2. The SMILES string of the molecule is CCc1ccccc1NC(=O)CSc1nc2sc3c(c2c(=O)n1-c1ccc(C)cc1)CCN(C(C)=O)C3. The third kappa shape index (κ3) is 5.06. The highest BCUT2D eigenvalue weighted by atomic mass is 32.2. The van der Waals surface area contributed by atoms with Crippen LogP contribution >= 0.6 is 23.1 Å². The van der Waals surface area contributed by atoms with Gasteiger partial charge in [0.05, 0.1) is 23.4 Å². The van der Waals surface area contributed by atoms with Crippen molar-refractivity contribution in [2.75, 3.05) is 17.6 Å². The fraction of sp³-hybridized carbons (Fsp3) is 0.286. The van der Waals surface area contributed by atoms with Gasteiger partial charge in [-0.25, -0.2) is 4.98 Å². The highest BCUT2D eigenvalue weighted by molar-refractivity contribution is 7.99. The molecule has 5 rings (SSSR count). The second-order valence-corrected chi connectivity index (χ2v) is 11.1. The van der Waals surface area contributed by atoms with Crippen molar-refractivity contribution in [2.24, 2.45) is 0 Å². The van der Waals surface area contributed by atoms with Gasteiger partial charge in [-0.15, -0.1) is 11.3 Å². The second kappa shape index (κ2) is 10.5. The fourth-order valence-electron chi connectivity index (χ4n) is 4.58. The molecule has 2 aromatic carbocycles. The molecule has 37 heavy (non-hydrogen) atoms. The van der Waals surface area contributed by atoms with Crippen LogP contribution in [0.2, 0.25) is 0 Å². The van der Waals surface area contributed by atoms with Crippen molar-refractivity contribution >= 4 is 50.8 Å². The maximum absolute atomic E-state index is 13.9. The molecule has 0 spiro atoms. The summed E-state index contributed by atoms with van der Waals surface area (Å²) in [6, 6.07) is 15.5. The van der Waals surface area contributed by atoms with E-state index in [-0.39, 0.29) is 23.1 Å². The van der Waals surface area contributed by atoms with Crippen molar-refractivity contribution in [3.63, 3.8) is 0 Å². The van der Waals surface area contributed by atoms with E-state index in [9.17, 15) is 14.4 Å². The second-order valence-electron chi connectivity index (χ2n) is 9.09. The van der Waals surface area contributed by atoms with Crippen LogP contribution < -0.4 is 10.9 Å². The van der Waals surface area contributed by atoms with E-state index in [1.54, 1.807) is 16.4 Å². The maximum Gasteiger partial charge on any atom is 0.267 e. The van der Waals surface area contributed by atoms with Gasteiger partial charge in [0.25, 0.3) is 5.56 Å². The molecule has 0 saturated heterocycles. The fourth-order valence-corrected chi connectivity index (χ4v) is 6.67. The number of nitrogens with zero attached hydrogens (tertiary/aromatic N) is 3. The van der Waals surface area contributed by atoms with Gasteiger partial charge in [0.1, 0.15) is 4.83 Å². The molecule has 0 atom stereocenters. The monoisotopic (exact) mass is 532 g/mol.